The Bertz CT molecular complexity index is 1470. The molecule has 4 aromatic rings. The van der Waals surface area contributed by atoms with Gasteiger partial charge < -0.3 is 19.0 Å². The Morgan fingerprint density at radius 1 is 1.31 bits per heavy atom. The molecule has 7 nitrogen and oxygen atoms in total. The van der Waals surface area contributed by atoms with Gasteiger partial charge in [-0.3, -0.25) is 4.79 Å². The van der Waals surface area contributed by atoms with Gasteiger partial charge in [0.15, 0.2) is 0 Å². The number of aryl methyl sites for hydroxylation is 2. The van der Waals surface area contributed by atoms with Crippen molar-refractivity contribution in [2.45, 2.75) is 38.6 Å². The Labute approximate surface area is 209 Å². The number of halogens is 1. The molecule has 0 spiro atoms. The first kappa shape index (κ1) is 24.3. The van der Waals surface area contributed by atoms with Crippen molar-refractivity contribution in [1.29, 1.82) is 0 Å². The summed E-state index contributed by atoms with van der Waals surface area (Å²) in [4.78, 5) is 13.7. The van der Waals surface area contributed by atoms with Gasteiger partial charge in [0, 0.05) is 38.4 Å². The zero-order chi connectivity index (χ0) is 25.4. The number of hydrogen-bond donors (Lipinski definition) is 1. The van der Waals surface area contributed by atoms with Crippen LogP contribution in [0.3, 0.4) is 0 Å². The van der Waals surface area contributed by atoms with Gasteiger partial charge in [-0.1, -0.05) is 25.1 Å². The number of methoxy groups -OCH3 is 1. The fourth-order valence-electron chi connectivity index (χ4n) is 5.59. The standard InChI is InChI=1S/C28H31FN4O3/c1-17-12-28(13-17,27-32-31-16-33(27)3)21-7-5-6-19(10-21)23-15-36-26-18(2)24(29)20(11-22(26)25(23)34)14-30-8-9-35-4/h5-7,10-11,15-17,30H,8-9,12-14H2,1-4H3. The summed E-state index contributed by atoms with van der Waals surface area (Å²) in [5.41, 5.74) is 2.95. The number of benzene rings is 2. The summed E-state index contributed by atoms with van der Waals surface area (Å²) >= 11 is 0. The second kappa shape index (κ2) is 9.59. The van der Waals surface area contributed by atoms with Gasteiger partial charge in [0.05, 0.1) is 23.0 Å². The molecule has 0 aliphatic heterocycles. The Kier molecular flexibility index (Phi) is 6.49. The minimum atomic E-state index is -0.366. The maximum Gasteiger partial charge on any atom is 0.200 e. The smallest absolute Gasteiger partial charge is 0.200 e. The van der Waals surface area contributed by atoms with Gasteiger partial charge in [0.25, 0.3) is 0 Å². The average Bonchev–Trinajstić information content (AvgIpc) is 3.29. The molecule has 1 saturated carbocycles. The molecular weight excluding hydrogens is 459 g/mol. The first-order chi connectivity index (χ1) is 17.4. The van der Waals surface area contributed by atoms with Crippen LogP contribution in [0.15, 0.2) is 52.1 Å². The molecule has 0 saturated heterocycles. The van der Waals surface area contributed by atoms with Crippen molar-refractivity contribution in [3.8, 4) is 11.1 Å². The predicted molar refractivity (Wildman–Crippen MR) is 136 cm³/mol. The van der Waals surface area contributed by atoms with E-state index >= 15 is 0 Å². The average molecular weight is 491 g/mol. The molecular formula is C28H31FN4O3. The maximum absolute atomic E-state index is 15.0. The van der Waals surface area contributed by atoms with Crippen LogP contribution in [0.2, 0.25) is 0 Å². The van der Waals surface area contributed by atoms with Crippen LogP contribution in [-0.4, -0.2) is 35.0 Å². The van der Waals surface area contributed by atoms with Crippen LogP contribution in [0.1, 0.15) is 42.3 Å². The first-order valence-corrected chi connectivity index (χ1v) is 12.2. The molecule has 0 unspecified atom stereocenters. The highest BCUT2D eigenvalue weighted by molar-refractivity contribution is 5.85. The molecule has 1 aliphatic rings. The van der Waals surface area contributed by atoms with Gasteiger partial charge in [0.2, 0.25) is 5.43 Å². The van der Waals surface area contributed by atoms with E-state index in [2.05, 4.69) is 34.6 Å². The summed E-state index contributed by atoms with van der Waals surface area (Å²) in [6.45, 7) is 5.27. The third-order valence-corrected chi connectivity index (χ3v) is 7.36. The number of fused-ring (bicyclic) bond motifs is 1. The Balaban J connectivity index is 1.57. The minimum Gasteiger partial charge on any atom is -0.463 e. The fourth-order valence-corrected chi connectivity index (χ4v) is 5.59. The molecule has 5 rings (SSSR count). The van der Waals surface area contributed by atoms with E-state index in [0.29, 0.717) is 47.7 Å². The SMILES string of the molecule is COCCNCc1cc2c(=O)c(-c3cccc(C4(c5nncn5C)CC(C)C4)c3)coc2c(C)c1F. The molecule has 2 aromatic heterocycles. The number of ether oxygens (including phenoxy) is 1. The lowest BCUT2D eigenvalue weighted by molar-refractivity contribution is 0.185. The lowest BCUT2D eigenvalue weighted by Gasteiger charge is -2.46. The summed E-state index contributed by atoms with van der Waals surface area (Å²) < 4.78 is 27.8. The molecule has 0 atom stereocenters. The lowest BCUT2D eigenvalue weighted by atomic mass is 9.58. The molecule has 0 radical (unpaired) electrons. The molecule has 1 aliphatic carbocycles. The van der Waals surface area contributed by atoms with E-state index in [-0.39, 0.29) is 22.2 Å². The van der Waals surface area contributed by atoms with Crippen molar-refractivity contribution in [2.24, 2.45) is 13.0 Å². The van der Waals surface area contributed by atoms with E-state index in [9.17, 15) is 9.18 Å². The highest BCUT2D eigenvalue weighted by Gasteiger charge is 2.48. The second-order valence-corrected chi connectivity index (χ2v) is 9.94. The highest BCUT2D eigenvalue weighted by Crippen LogP contribution is 2.51. The Morgan fingerprint density at radius 3 is 2.81 bits per heavy atom. The van der Waals surface area contributed by atoms with Gasteiger partial charge in [-0.2, -0.15) is 0 Å². The summed E-state index contributed by atoms with van der Waals surface area (Å²) in [5.74, 6) is 1.14. The molecule has 2 aromatic carbocycles. The van der Waals surface area contributed by atoms with Crippen LogP contribution >= 0.6 is 0 Å². The van der Waals surface area contributed by atoms with Crippen LogP contribution in [0.25, 0.3) is 22.1 Å². The Hall–Kier alpha value is -3.36. The topological polar surface area (TPSA) is 82.2 Å². The van der Waals surface area contributed by atoms with Gasteiger partial charge in [-0.25, -0.2) is 4.39 Å². The lowest BCUT2D eigenvalue weighted by Crippen LogP contribution is -2.43. The fraction of sp³-hybridized carbons (Fsp3) is 0.393. The largest absolute Gasteiger partial charge is 0.463 e. The van der Waals surface area contributed by atoms with Crippen molar-refractivity contribution in [3.63, 3.8) is 0 Å². The molecule has 1 fully saturated rings. The van der Waals surface area contributed by atoms with E-state index in [1.165, 1.54) is 6.26 Å². The normalized spacial score (nSPS) is 19.5. The maximum atomic E-state index is 15.0. The molecule has 8 heteroatoms. The number of aromatic nitrogens is 3. The summed E-state index contributed by atoms with van der Waals surface area (Å²) in [6.07, 6.45) is 5.11. The third kappa shape index (κ3) is 4.04. The first-order valence-electron chi connectivity index (χ1n) is 12.2. The van der Waals surface area contributed by atoms with Crippen molar-refractivity contribution < 1.29 is 13.5 Å². The molecule has 0 amide bonds. The van der Waals surface area contributed by atoms with Gasteiger partial charge in [0.1, 0.15) is 29.8 Å². The monoisotopic (exact) mass is 490 g/mol. The van der Waals surface area contributed by atoms with Gasteiger partial charge in [-0.05, 0) is 48.9 Å². The zero-order valence-electron chi connectivity index (χ0n) is 21.1. The number of nitrogens with one attached hydrogen (secondary N) is 1. The quantitative estimate of drug-likeness (QED) is 0.367. The second-order valence-electron chi connectivity index (χ2n) is 9.94. The van der Waals surface area contributed by atoms with Gasteiger partial charge in [-0.15, -0.1) is 10.2 Å². The van der Waals surface area contributed by atoms with Gasteiger partial charge >= 0.3 is 0 Å². The van der Waals surface area contributed by atoms with Crippen LogP contribution < -0.4 is 10.7 Å². The van der Waals surface area contributed by atoms with E-state index < -0.39 is 0 Å². The van der Waals surface area contributed by atoms with Crippen molar-refractivity contribution in [2.75, 3.05) is 20.3 Å². The molecule has 36 heavy (non-hydrogen) atoms. The molecule has 2 heterocycles. The van der Waals surface area contributed by atoms with Crippen LogP contribution in [0.4, 0.5) is 4.39 Å². The van der Waals surface area contributed by atoms with Crippen molar-refractivity contribution in [1.82, 2.24) is 20.1 Å². The van der Waals surface area contributed by atoms with Crippen LogP contribution in [0.5, 0.6) is 0 Å². The van der Waals surface area contributed by atoms with E-state index in [0.717, 1.165) is 29.8 Å². The number of hydrogen-bond acceptors (Lipinski definition) is 6. The van der Waals surface area contributed by atoms with Crippen molar-refractivity contribution in [3.05, 3.63) is 81.5 Å². The number of nitrogens with zero attached hydrogens (tertiary/aromatic N) is 3. The zero-order valence-corrected chi connectivity index (χ0v) is 21.1. The summed E-state index contributed by atoms with van der Waals surface area (Å²) in [6, 6.07) is 9.64. The molecule has 188 valence electrons. The molecule has 0 bridgehead atoms. The third-order valence-electron chi connectivity index (χ3n) is 7.36. The molecule has 1 N–H and O–H groups in total. The Morgan fingerprint density at radius 2 is 2.11 bits per heavy atom. The predicted octanol–water partition coefficient (Wildman–Crippen LogP) is 4.49. The van der Waals surface area contributed by atoms with E-state index in [4.69, 9.17) is 9.15 Å². The van der Waals surface area contributed by atoms with Crippen molar-refractivity contribution >= 4 is 11.0 Å². The van der Waals surface area contributed by atoms with E-state index in [1.807, 2.05) is 23.7 Å². The van der Waals surface area contributed by atoms with Crippen LogP contribution in [0, 0.1) is 18.7 Å². The highest BCUT2D eigenvalue weighted by atomic mass is 19.1. The summed E-state index contributed by atoms with van der Waals surface area (Å²) in [7, 11) is 3.58. The minimum absolute atomic E-state index is 0.177. The van der Waals surface area contributed by atoms with Crippen LogP contribution in [-0.2, 0) is 23.7 Å². The summed E-state index contributed by atoms with van der Waals surface area (Å²) in [5, 5.41) is 12.1. The number of rotatable bonds is 8. The van der Waals surface area contributed by atoms with E-state index in [1.54, 1.807) is 26.4 Å².